The molecular weight excluding hydrogens is 633 g/mol. The normalized spacial score (nSPS) is 11.3. The molecule has 5 aromatic rings. The zero-order valence-corrected chi connectivity index (χ0v) is 25.9. The number of hydrogen-bond donors (Lipinski definition) is 4. The van der Waals surface area contributed by atoms with E-state index in [0.717, 1.165) is 0 Å². The van der Waals surface area contributed by atoms with E-state index in [1.165, 1.54) is 97.3 Å². The largest absolute Gasteiger partial charge is 0.322 e. The van der Waals surface area contributed by atoms with Crippen molar-refractivity contribution < 1.29 is 26.4 Å². The van der Waals surface area contributed by atoms with Gasteiger partial charge in [-0.15, -0.1) is 0 Å². The molecule has 0 radical (unpaired) electrons. The molecule has 46 heavy (non-hydrogen) atoms. The van der Waals surface area contributed by atoms with Gasteiger partial charge in [-0.3, -0.25) is 19.0 Å². The van der Waals surface area contributed by atoms with Gasteiger partial charge in [0.25, 0.3) is 31.9 Å². The molecule has 0 unspecified atom stereocenters. The average Bonchev–Trinajstić information content (AvgIpc) is 3.01. The topological polar surface area (TPSA) is 202 Å². The van der Waals surface area contributed by atoms with E-state index in [9.17, 15) is 26.4 Å². The Kier molecular flexibility index (Phi) is 9.01. The Morgan fingerprint density at radius 1 is 0.565 bits per heavy atom. The molecule has 0 saturated carbocycles. The summed E-state index contributed by atoms with van der Waals surface area (Å²) in [7, 11) is -7.86. The molecule has 3 aromatic carbocycles. The molecule has 0 bridgehead atoms. The third-order valence-corrected chi connectivity index (χ3v) is 9.00. The number of anilines is 4. The minimum atomic E-state index is -3.93. The fraction of sp³-hybridized carbons (Fsp3) is 0.0667. The van der Waals surface area contributed by atoms with Crippen LogP contribution in [0.5, 0.6) is 0 Å². The molecule has 0 aliphatic rings. The van der Waals surface area contributed by atoms with Gasteiger partial charge in [0.15, 0.2) is 0 Å². The summed E-state index contributed by atoms with van der Waals surface area (Å²) in [5, 5.41) is 5.35. The van der Waals surface area contributed by atoms with E-state index in [1.54, 1.807) is 13.8 Å². The molecular formula is C30H26N8O6S2. The van der Waals surface area contributed by atoms with E-state index >= 15 is 0 Å². The van der Waals surface area contributed by atoms with Crippen LogP contribution in [0.4, 0.5) is 23.0 Å². The van der Waals surface area contributed by atoms with Crippen LogP contribution in [0.3, 0.4) is 0 Å². The van der Waals surface area contributed by atoms with Crippen LogP contribution in [0, 0.1) is 13.8 Å². The predicted molar refractivity (Wildman–Crippen MR) is 170 cm³/mol. The standard InChI is InChI=1S/C30H26N8O6S2/c1-19-31-16-14-27(33-19)37-45(41,42)25-10-6-23(7-11-25)35-29(39)21-4-3-5-22(18-21)30(40)36-24-8-12-26(13-9-24)46(43,44)38-28-15-17-32-20(2)34-28/h3-18H,1-2H3,(H,35,39)(H,36,40)(H,31,33,37)(H,32,34,38). The maximum atomic E-state index is 12.9. The molecule has 16 heteroatoms. The number of nitrogens with zero attached hydrogens (tertiary/aromatic N) is 4. The lowest BCUT2D eigenvalue weighted by atomic mass is 10.1. The summed E-state index contributed by atoms with van der Waals surface area (Å²) in [6, 6.07) is 19.9. The van der Waals surface area contributed by atoms with Gasteiger partial charge in [0.1, 0.15) is 23.3 Å². The molecule has 0 aliphatic heterocycles. The lowest BCUT2D eigenvalue weighted by molar-refractivity contribution is 0.102. The van der Waals surface area contributed by atoms with Crippen molar-refractivity contribution >= 4 is 54.9 Å². The number of benzene rings is 3. The van der Waals surface area contributed by atoms with Crippen LogP contribution in [-0.2, 0) is 20.0 Å². The summed E-state index contributed by atoms with van der Waals surface area (Å²) in [6.07, 6.45) is 2.87. The minimum absolute atomic E-state index is 0.0387. The first-order chi connectivity index (χ1) is 21.9. The second-order valence-corrected chi connectivity index (χ2v) is 13.1. The SMILES string of the molecule is Cc1nccc(NS(=O)(=O)c2ccc(NC(=O)c3cccc(C(=O)Nc4ccc(S(=O)(=O)Nc5ccnc(C)n5)cc4)c3)cc2)n1. The third-order valence-electron chi connectivity index (χ3n) is 6.26. The zero-order valence-electron chi connectivity index (χ0n) is 24.3. The van der Waals surface area contributed by atoms with Gasteiger partial charge in [0.2, 0.25) is 0 Å². The van der Waals surface area contributed by atoms with Crippen LogP contribution in [0.2, 0.25) is 0 Å². The molecule has 4 N–H and O–H groups in total. The summed E-state index contributed by atoms with van der Waals surface area (Å²) in [5.74, 6) is 0.0134. The van der Waals surface area contributed by atoms with Crippen molar-refractivity contribution in [2.45, 2.75) is 23.6 Å². The Hall–Kier alpha value is -5.74. The first-order valence-electron chi connectivity index (χ1n) is 13.5. The Morgan fingerprint density at radius 3 is 1.33 bits per heavy atom. The molecule has 0 atom stereocenters. The van der Waals surface area contributed by atoms with Crippen molar-refractivity contribution in [1.82, 2.24) is 19.9 Å². The van der Waals surface area contributed by atoms with Crippen LogP contribution in [0.15, 0.2) is 107 Å². The molecule has 2 heterocycles. The number of carbonyl (C=O) groups excluding carboxylic acids is 2. The fourth-order valence-electron chi connectivity index (χ4n) is 4.06. The first kappa shape index (κ1) is 31.7. The van der Waals surface area contributed by atoms with Crippen molar-refractivity contribution in [3.63, 3.8) is 0 Å². The van der Waals surface area contributed by atoms with E-state index in [4.69, 9.17) is 0 Å². The number of hydrogen-bond acceptors (Lipinski definition) is 10. The van der Waals surface area contributed by atoms with E-state index in [1.807, 2.05) is 0 Å². The van der Waals surface area contributed by atoms with Gasteiger partial charge in [-0.05, 0) is 92.7 Å². The number of carbonyl (C=O) groups is 2. The van der Waals surface area contributed by atoms with Crippen molar-refractivity contribution in [3.05, 3.63) is 120 Å². The Labute approximate surface area is 264 Å². The third kappa shape index (κ3) is 7.85. The quantitative estimate of drug-likeness (QED) is 0.170. The molecule has 234 valence electrons. The molecule has 0 fully saturated rings. The second-order valence-electron chi connectivity index (χ2n) is 9.73. The Balaban J connectivity index is 1.20. The van der Waals surface area contributed by atoms with E-state index in [0.29, 0.717) is 23.0 Å². The van der Waals surface area contributed by atoms with Crippen LogP contribution in [0.25, 0.3) is 0 Å². The summed E-state index contributed by atoms with van der Waals surface area (Å²) in [4.78, 5) is 41.7. The van der Waals surface area contributed by atoms with Crippen LogP contribution < -0.4 is 20.1 Å². The lowest BCUT2D eigenvalue weighted by Gasteiger charge is -2.11. The number of amides is 2. The van der Waals surface area contributed by atoms with Gasteiger partial charge in [-0.25, -0.2) is 36.8 Å². The molecule has 14 nitrogen and oxygen atoms in total. The van der Waals surface area contributed by atoms with Crippen molar-refractivity contribution in [2.24, 2.45) is 0 Å². The Bertz CT molecular complexity index is 1990. The molecule has 0 saturated heterocycles. The fourth-order valence-corrected chi connectivity index (χ4v) is 6.06. The summed E-state index contributed by atoms with van der Waals surface area (Å²) in [5.41, 5.74) is 1.02. The smallest absolute Gasteiger partial charge is 0.263 e. The minimum Gasteiger partial charge on any atom is -0.322 e. The highest BCUT2D eigenvalue weighted by Crippen LogP contribution is 2.20. The van der Waals surface area contributed by atoms with Gasteiger partial charge >= 0.3 is 0 Å². The molecule has 2 aromatic heterocycles. The molecule has 0 aliphatic carbocycles. The predicted octanol–water partition coefficient (Wildman–Crippen LogP) is 3.99. The van der Waals surface area contributed by atoms with Crippen LogP contribution in [0.1, 0.15) is 32.4 Å². The van der Waals surface area contributed by atoms with Crippen LogP contribution >= 0.6 is 0 Å². The van der Waals surface area contributed by atoms with Crippen molar-refractivity contribution in [1.29, 1.82) is 0 Å². The molecule has 0 spiro atoms. The number of aromatic nitrogens is 4. The van der Waals surface area contributed by atoms with Gasteiger partial charge in [-0.2, -0.15) is 0 Å². The molecule has 2 amide bonds. The highest BCUT2D eigenvalue weighted by Gasteiger charge is 2.18. The van der Waals surface area contributed by atoms with E-state index in [-0.39, 0.29) is 32.6 Å². The summed E-state index contributed by atoms with van der Waals surface area (Å²) < 4.78 is 55.6. The second kappa shape index (κ2) is 13.1. The summed E-state index contributed by atoms with van der Waals surface area (Å²) >= 11 is 0. The van der Waals surface area contributed by atoms with Gasteiger partial charge in [-0.1, -0.05) is 6.07 Å². The zero-order chi connectivity index (χ0) is 32.9. The number of aryl methyl sites for hydroxylation is 2. The summed E-state index contributed by atoms with van der Waals surface area (Å²) in [6.45, 7) is 3.27. The highest BCUT2D eigenvalue weighted by molar-refractivity contribution is 7.93. The van der Waals surface area contributed by atoms with E-state index in [2.05, 4.69) is 40.0 Å². The van der Waals surface area contributed by atoms with E-state index < -0.39 is 31.9 Å². The highest BCUT2D eigenvalue weighted by atomic mass is 32.2. The van der Waals surface area contributed by atoms with Crippen molar-refractivity contribution in [2.75, 3.05) is 20.1 Å². The van der Waals surface area contributed by atoms with Crippen LogP contribution in [-0.4, -0.2) is 48.6 Å². The maximum Gasteiger partial charge on any atom is 0.263 e. The number of rotatable bonds is 10. The first-order valence-corrected chi connectivity index (χ1v) is 16.4. The number of sulfonamides is 2. The molecule has 5 rings (SSSR count). The maximum absolute atomic E-state index is 12.9. The van der Waals surface area contributed by atoms with Gasteiger partial charge in [0, 0.05) is 34.9 Å². The number of nitrogens with one attached hydrogen (secondary N) is 4. The average molecular weight is 659 g/mol. The monoisotopic (exact) mass is 658 g/mol. The van der Waals surface area contributed by atoms with Gasteiger partial charge < -0.3 is 10.6 Å². The lowest BCUT2D eigenvalue weighted by Crippen LogP contribution is -2.16. The van der Waals surface area contributed by atoms with Crippen molar-refractivity contribution in [3.8, 4) is 0 Å². The van der Waals surface area contributed by atoms with Gasteiger partial charge in [0.05, 0.1) is 9.79 Å². The Morgan fingerprint density at radius 2 is 0.957 bits per heavy atom.